The van der Waals surface area contributed by atoms with Gasteiger partial charge in [0.05, 0.1) is 10.8 Å². The van der Waals surface area contributed by atoms with Gasteiger partial charge in [-0.15, -0.1) is 0 Å². The number of rotatable bonds is 4. The molecule has 6 unspecified atom stereocenters. The van der Waals surface area contributed by atoms with Crippen LogP contribution in [0.2, 0.25) is 0 Å². The third kappa shape index (κ3) is 1.83. The molecule has 3 saturated carbocycles. The first kappa shape index (κ1) is 16.6. The molecule has 7 aliphatic rings. The summed E-state index contributed by atoms with van der Waals surface area (Å²) in [6.07, 6.45) is 1.52. The van der Waals surface area contributed by atoms with Crippen LogP contribution in [0.5, 0.6) is 0 Å². The Bertz CT molecular complexity index is 880. The van der Waals surface area contributed by atoms with Gasteiger partial charge >= 0.3 is 0 Å². The topological polar surface area (TPSA) is 58.2 Å². The minimum absolute atomic E-state index is 0.0845. The van der Waals surface area contributed by atoms with Crippen LogP contribution < -0.4 is 10.6 Å². The summed E-state index contributed by atoms with van der Waals surface area (Å²) >= 11 is 0. The molecular weight excluding hydrogens is 348 g/mol. The molecule has 4 heterocycles. The highest BCUT2D eigenvalue weighted by molar-refractivity contribution is 6.05. The lowest BCUT2D eigenvalue weighted by molar-refractivity contribution is -0.176. The van der Waals surface area contributed by atoms with E-state index in [1.807, 2.05) is 60.7 Å². The number of nitrogens with one attached hydrogen (secondary N) is 2. The van der Waals surface area contributed by atoms with Gasteiger partial charge in [-0.2, -0.15) is 0 Å². The predicted octanol–water partition coefficient (Wildman–Crippen LogP) is 2.71. The lowest BCUT2D eigenvalue weighted by Crippen LogP contribution is -2.85. The van der Waals surface area contributed by atoms with Crippen LogP contribution in [0.4, 0.5) is 0 Å². The Balaban J connectivity index is 1.45. The molecule has 6 bridgehead atoms. The van der Waals surface area contributed by atoms with Crippen molar-refractivity contribution in [2.24, 2.45) is 22.7 Å². The van der Waals surface area contributed by atoms with Gasteiger partial charge in [-0.3, -0.25) is 9.59 Å². The maximum atomic E-state index is 13.7. The highest BCUT2D eigenvalue weighted by Gasteiger charge is 2.76. The fourth-order valence-electron chi connectivity index (χ4n) is 7.11. The standard InChI is InChI=1S/C24H24N2O2/c27-21(15-7-3-1-4-8-15)23-11-20-24(22(28)16-9-5-2-6-10-16)12-19(23)25-14-18(24)17(23)13-26-20/h1-10,17-20,25-26H,11-14H2. The van der Waals surface area contributed by atoms with Crippen molar-refractivity contribution < 1.29 is 9.59 Å². The van der Waals surface area contributed by atoms with Crippen LogP contribution in [0.3, 0.4) is 0 Å². The minimum Gasteiger partial charge on any atom is -0.313 e. The Hall–Kier alpha value is -2.30. The number of hydrogen-bond donors (Lipinski definition) is 2. The maximum absolute atomic E-state index is 13.7. The monoisotopic (exact) mass is 372 g/mol. The SMILES string of the molecule is O=C(c1ccccc1)C12CC3NCC1C1CNC2CC31C(=O)c1ccccc1. The number of carbonyl (C=O) groups excluding carboxylic acids is 2. The Morgan fingerprint density at radius 2 is 1.07 bits per heavy atom. The summed E-state index contributed by atoms with van der Waals surface area (Å²) in [6.45, 7) is 1.69. The largest absolute Gasteiger partial charge is 0.313 e. The summed E-state index contributed by atoms with van der Waals surface area (Å²) in [6, 6.07) is 19.6. The van der Waals surface area contributed by atoms with Crippen molar-refractivity contribution in [3.63, 3.8) is 0 Å². The number of piperidine rings is 4. The summed E-state index contributed by atoms with van der Waals surface area (Å²) in [4.78, 5) is 27.5. The first-order valence-electron chi connectivity index (χ1n) is 10.3. The first-order valence-corrected chi connectivity index (χ1v) is 10.3. The number of hydrogen-bond acceptors (Lipinski definition) is 4. The molecule has 0 amide bonds. The number of ketones is 2. The maximum Gasteiger partial charge on any atom is 0.170 e. The van der Waals surface area contributed by atoms with Crippen LogP contribution in [0.1, 0.15) is 33.6 Å². The second kappa shape index (κ2) is 5.62. The molecule has 28 heavy (non-hydrogen) atoms. The van der Waals surface area contributed by atoms with Crippen LogP contribution in [0.15, 0.2) is 60.7 Å². The van der Waals surface area contributed by atoms with E-state index in [1.54, 1.807) is 0 Å². The van der Waals surface area contributed by atoms with E-state index in [9.17, 15) is 9.59 Å². The van der Waals surface area contributed by atoms with E-state index in [-0.39, 0.29) is 46.3 Å². The van der Waals surface area contributed by atoms with E-state index < -0.39 is 0 Å². The van der Waals surface area contributed by atoms with Crippen LogP contribution in [-0.2, 0) is 0 Å². The van der Waals surface area contributed by atoms with Gasteiger partial charge in [-0.05, 0) is 37.8 Å². The van der Waals surface area contributed by atoms with E-state index in [1.165, 1.54) is 0 Å². The molecule has 4 saturated heterocycles. The molecular formula is C24H24N2O2. The van der Waals surface area contributed by atoms with E-state index in [2.05, 4.69) is 10.6 Å². The molecule has 4 aliphatic heterocycles. The van der Waals surface area contributed by atoms with Crippen molar-refractivity contribution >= 4 is 11.6 Å². The van der Waals surface area contributed by atoms with Gasteiger partial charge in [0, 0.05) is 23.2 Å². The molecule has 2 aromatic carbocycles. The number of Topliss-reactive ketones (excluding diaryl/α,β-unsaturated/α-hetero) is 2. The highest BCUT2D eigenvalue weighted by Crippen LogP contribution is 2.68. The molecule has 0 spiro atoms. The molecule has 4 nitrogen and oxygen atoms in total. The van der Waals surface area contributed by atoms with Gasteiger partial charge in [0.25, 0.3) is 0 Å². The molecule has 6 atom stereocenters. The zero-order valence-electron chi connectivity index (χ0n) is 15.7. The molecule has 9 rings (SSSR count). The average Bonchev–Trinajstić information content (AvgIpc) is 2.79. The van der Waals surface area contributed by atoms with E-state index >= 15 is 0 Å². The van der Waals surface area contributed by atoms with E-state index in [4.69, 9.17) is 0 Å². The van der Waals surface area contributed by atoms with Gasteiger partial charge in [-0.25, -0.2) is 0 Å². The van der Waals surface area contributed by atoms with Crippen molar-refractivity contribution in [1.29, 1.82) is 0 Å². The normalized spacial score (nSPS) is 39.9. The molecule has 142 valence electrons. The summed E-state index contributed by atoms with van der Waals surface area (Å²) < 4.78 is 0. The predicted molar refractivity (Wildman–Crippen MR) is 106 cm³/mol. The van der Waals surface area contributed by atoms with Gasteiger partial charge in [0.15, 0.2) is 11.6 Å². The Morgan fingerprint density at radius 3 is 1.46 bits per heavy atom. The molecule has 2 aromatic rings. The average molecular weight is 372 g/mol. The number of benzene rings is 2. The van der Waals surface area contributed by atoms with Crippen molar-refractivity contribution in [3.05, 3.63) is 71.8 Å². The summed E-state index contributed by atoms with van der Waals surface area (Å²) in [5.74, 6) is 0.982. The second-order valence-corrected chi connectivity index (χ2v) is 9.01. The first-order chi connectivity index (χ1) is 13.7. The van der Waals surface area contributed by atoms with Crippen molar-refractivity contribution in [2.45, 2.75) is 24.9 Å². The van der Waals surface area contributed by atoms with E-state index in [0.717, 1.165) is 37.1 Å². The van der Waals surface area contributed by atoms with Crippen molar-refractivity contribution in [2.75, 3.05) is 13.1 Å². The van der Waals surface area contributed by atoms with Gasteiger partial charge in [0.2, 0.25) is 0 Å². The smallest absolute Gasteiger partial charge is 0.170 e. The van der Waals surface area contributed by atoms with Gasteiger partial charge in [0.1, 0.15) is 0 Å². The van der Waals surface area contributed by atoms with Crippen LogP contribution >= 0.6 is 0 Å². The fraction of sp³-hybridized carbons (Fsp3) is 0.417. The molecule has 7 fully saturated rings. The van der Waals surface area contributed by atoms with Crippen LogP contribution in [-0.4, -0.2) is 36.7 Å². The van der Waals surface area contributed by atoms with Gasteiger partial charge in [-0.1, -0.05) is 60.7 Å². The lowest BCUT2D eigenvalue weighted by atomic mass is 9.35. The van der Waals surface area contributed by atoms with Gasteiger partial charge < -0.3 is 10.6 Å². The Morgan fingerprint density at radius 1 is 0.679 bits per heavy atom. The molecule has 4 heteroatoms. The number of fused-ring (bicyclic) bond motifs is 2. The molecule has 2 N–H and O–H groups in total. The molecule has 3 aliphatic carbocycles. The Kier molecular flexibility index (Phi) is 3.34. The van der Waals surface area contributed by atoms with Crippen LogP contribution in [0, 0.1) is 22.7 Å². The zero-order chi connectivity index (χ0) is 18.9. The third-order valence-electron chi connectivity index (χ3n) is 8.22. The molecule has 0 aromatic heterocycles. The zero-order valence-corrected chi connectivity index (χ0v) is 15.7. The Labute approximate surface area is 164 Å². The summed E-state index contributed by atoms with van der Waals surface area (Å²) in [5.41, 5.74) is 0.867. The summed E-state index contributed by atoms with van der Waals surface area (Å²) in [7, 11) is 0. The molecule has 0 radical (unpaired) electrons. The summed E-state index contributed by atoms with van der Waals surface area (Å²) in [5, 5.41) is 7.31. The van der Waals surface area contributed by atoms with Crippen molar-refractivity contribution in [1.82, 2.24) is 10.6 Å². The van der Waals surface area contributed by atoms with E-state index in [0.29, 0.717) is 0 Å². The fourth-order valence-corrected chi connectivity index (χ4v) is 7.11. The number of carbonyl (C=O) groups is 2. The van der Waals surface area contributed by atoms with Crippen molar-refractivity contribution in [3.8, 4) is 0 Å². The quantitative estimate of drug-likeness (QED) is 0.811. The third-order valence-corrected chi connectivity index (χ3v) is 8.22. The second-order valence-electron chi connectivity index (χ2n) is 9.01. The highest BCUT2D eigenvalue weighted by atomic mass is 16.1. The lowest BCUT2D eigenvalue weighted by Gasteiger charge is -2.73. The van der Waals surface area contributed by atoms with Crippen LogP contribution in [0.25, 0.3) is 0 Å². The minimum atomic E-state index is -0.376.